The highest BCUT2D eigenvalue weighted by atomic mass is 32.2. The van der Waals surface area contributed by atoms with Gasteiger partial charge in [0.25, 0.3) is 0 Å². The lowest BCUT2D eigenvalue weighted by atomic mass is 10.4. The SMILES string of the molecule is CCCOCC(O)CSC. The van der Waals surface area contributed by atoms with E-state index in [0.717, 1.165) is 18.8 Å². The fraction of sp³-hybridized carbons (Fsp3) is 1.00. The van der Waals surface area contributed by atoms with Gasteiger partial charge in [-0.3, -0.25) is 0 Å². The van der Waals surface area contributed by atoms with Gasteiger partial charge in [0.05, 0.1) is 12.7 Å². The van der Waals surface area contributed by atoms with Gasteiger partial charge in [-0.15, -0.1) is 0 Å². The molecule has 0 aliphatic rings. The lowest BCUT2D eigenvalue weighted by molar-refractivity contribution is 0.0490. The summed E-state index contributed by atoms with van der Waals surface area (Å²) in [4.78, 5) is 0. The van der Waals surface area contributed by atoms with E-state index in [1.54, 1.807) is 11.8 Å². The molecule has 0 amide bonds. The van der Waals surface area contributed by atoms with Gasteiger partial charge in [0.2, 0.25) is 0 Å². The van der Waals surface area contributed by atoms with Crippen LogP contribution in [0.5, 0.6) is 0 Å². The van der Waals surface area contributed by atoms with Crippen LogP contribution in [-0.4, -0.2) is 36.4 Å². The van der Waals surface area contributed by atoms with Crippen molar-refractivity contribution in [2.24, 2.45) is 0 Å². The van der Waals surface area contributed by atoms with E-state index in [1.807, 2.05) is 6.26 Å². The Balaban J connectivity index is 2.97. The van der Waals surface area contributed by atoms with E-state index >= 15 is 0 Å². The second-order valence-corrected chi connectivity index (χ2v) is 3.09. The average Bonchev–Trinajstić information content (AvgIpc) is 1.89. The van der Waals surface area contributed by atoms with Crippen LogP contribution in [-0.2, 0) is 4.74 Å². The van der Waals surface area contributed by atoms with E-state index in [9.17, 15) is 0 Å². The summed E-state index contributed by atoms with van der Waals surface area (Å²) in [7, 11) is 0. The summed E-state index contributed by atoms with van der Waals surface area (Å²) >= 11 is 1.64. The predicted molar refractivity (Wildman–Crippen MR) is 45.5 cm³/mol. The van der Waals surface area contributed by atoms with Gasteiger partial charge in [0.1, 0.15) is 0 Å². The van der Waals surface area contributed by atoms with Crippen LogP contribution >= 0.6 is 11.8 Å². The maximum Gasteiger partial charge on any atom is 0.0863 e. The lowest BCUT2D eigenvalue weighted by Crippen LogP contribution is -2.17. The quantitative estimate of drug-likeness (QED) is 0.597. The summed E-state index contributed by atoms with van der Waals surface area (Å²) in [5.74, 6) is 0.768. The van der Waals surface area contributed by atoms with Crippen molar-refractivity contribution >= 4 is 11.8 Å². The third-order valence-electron chi connectivity index (χ3n) is 1.02. The molecule has 0 spiro atoms. The van der Waals surface area contributed by atoms with Crippen molar-refractivity contribution in [3.05, 3.63) is 0 Å². The second-order valence-electron chi connectivity index (χ2n) is 2.18. The van der Waals surface area contributed by atoms with E-state index < -0.39 is 0 Å². The average molecular weight is 164 g/mol. The maximum absolute atomic E-state index is 9.13. The van der Waals surface area contributed by atoms with Gasteiger partial charge < -0.3 is 9.84 Å². The first-order chi connectivity index (χ1) is 4.81. The smallest absolute Gasteiger partial charge is 0.0863 e. The molecule has 62 valence electrons. The number of aliphatic hydroxyl groups is 1. The van der Waals surface area contributed by atoms with E-state index in [0.29, 0.717) is 6.61 Å². The lowest BCUT2D eigenvalue weighted by Gasteiger charge is -2.08. The molecule has 0 saturated carbocycles. The van der Waals surface area contributed by atoms with Crippen molar-refractivity contribution in [1.82, 2.24) is 0 Å². The Morgan fingerprint density at radius 2 is 2.30 bits per heavy atom. The topological polar surface area (TPSA) is 29.5 Å². The van der Waals surface area contributed by atoms with Crippen molar-refractivity contribution in [2.75, 3.05) is 25.2 Å². The van der Waals surface area contributed by atoms with Crippen molar-refractivity contribution in [2.45, 2.75) is 19.4 Å². The third kappa shape index (κ3) is 6.39. The number of hydrogen-bond acceptors (Lipinski definition) is 3. The monoisotopic (exact) mass is 164 g/mol. The molecular formula is C7H16O2S. The minimum absolute atomic E-state index is 0.290. The molecule has 10 heavy (non-hydrogen) atoms. The summed E-state index contributed by atoms with van der Waals surface area (Å²) < 4.78 is 5.13. The Morgan fingerprint density at radius 3 is 2.80 bits per heavy atom. The molecule has 0 radical (unpaired) electrons. The van der Waals surface area contributed by atoms with E-state index in [4.69, 9.17) is 9.84 Å². The first-order valence-corrected chi connectivity index (χ1v) is 4.95. The van der Waals surface area contributed by atoms with Crippen LogP contribution in [0.15, 0.2) is 0 Å². The van der Waals surface area contributed by atoms with Gasteiger partial charge in [-0.2, -0.15) is 11.8 Å². The van der Waals surface area contributed by atoms with Crippen LogP contribution < -0.4 is 0 Å². The highest BCUT2D eigenvalue weighted by Crippen LogP contribution is 1.97. The summed E-state index contributed by atoms with van der Waals surface area (Å²) in [6, 6.07) is 0. The van der Waals surface area contributed by atoms with E-state index in [1.165, 1.54) is 0 Å². The summed E-state index contributed by atoms with van der Waals surface area (Å²) in [6.07, 6.45) is 2.70. The molecule has 0 aromatic heterocycles. The number of aliphatic hydroxyl groups excluding tert-OH is 1. The molecule has 0 aliphatic heterocycles. The first kappa shape index (κ1) is 10.3. The molecule has 0 fully saturated rings. The van der Waals surface area contributed by atoms with Gasteiger partial charge in [-0.1, -0.05) is 6.92 Å². The molecule has 0 rings (SSSR count). The molecule has 0 heterocycles. The summed E-state index contributed by atoms with van der Waals surface area (Å²) in [5.41, 5.74) is 0. The normalized spacial score (nSPS) is 13.5. The van der Waals surface area contributed by atoms with Gasteiger partial charge in [0.15, 0.2) is 0 Å². The van der Waals surface area contributed by atoms with Crippen LogP contribution in [0, 0.1) is 0 Å². The second kappa shape index (κ2) is 7.38. The predicted octanol–water partition coefficient (Wildman–Crippen LogP) is 1.14. The highest BCUT2D eigenvalue weighted by Gasteiger charge is 2.00. The van der Waals surface area contributed by atoms with E-state index in [-0.39, 0.29) is 6.10 Å². The van der Waals surface area contributed by atoms with Crippen molar-refractivity contribution in [3.63, 3.8) is 0 Å². The Hall–Kier alpha value is 0.270. The van der Waals surface area contributed by atoms with Gasteiger partial charge in [-0.25, -0.2) is 0 Å². The van der Waals surface area contributed by atoms with Crippen LogP contribution in [0.1, 0.15) is 13.3 Å². The fourth-order valence-electron chi connectivity index (χ4n) is 0.604. The molecule has 0 bridgehead atoms. The highest BCUT2D eigenvalue weighted by molar-refractivity contribution is 7.98. The Morgan fingerprint density at radius 1 is 1.60 bits per heavy atom. The molecule has 0 aliphatic carbocycles. The molecular weight excluding hydrogens is 148 g/mol. The first-order valence-electron chi connectivity index (χ1n) is 3.56. The number of rotatable bonds is 6. The fourth-order valence-corrected chi connectivity index (χ4v) is 1.09. The van der Waals surface area contributed by atoms with Crippen LogP contribution in [0.25, 0.3) is 0 Å². The Kier molecular flexibility index (Phi) is 7.58. The van der Waals surface area contributed by atoms with Gasteiger partial charge >= 0.3 is 0 Å². The molecule has 2 nitrogen and oxygen atoms in total. The number of hydrogen-bond donors (Lipinski definition) is 1. The van der Waals surface area contributed by atoms with Gasteiger partial charge in [0, 0.05) is 12.4 Å². The van der Waals surface area contributed by atoms with Crippen LogP contribution in [0.2, 0.25) is 0 Å². The van der Waals surface area contributed by atoms with Crippen molar-refractivity contribution in [3.8, 4) is 0 Å². The Labute approximate surface area is 67.0 Å². The van der Waals surface area contributed by atoms with Gasteiger partial charge in [-0.05, 0) is 12.7 Å². The minimum atomic E-state index is -0.290. The molecule has 0 aromatic rings. The number of ether oxygens (including phenoxy) is 1. The zero-order valence-corrected chi connectivity index (χ0v) is 7.49. The largest absolute Gasteiger partial charge is 0.390 e. The van der Waals surface area contributed by atoms with Crippen molar-refractivity contribution in [1.29, 1.82) is 0 Å². The maximum atomic E-state index is 9.13. The third-order valence-corrected chi connectivity index (χ3v) is 1.74. The minimum Gasteiger partial charge on any atom is -0.390 e. The molecule has 1 atom stereocenters. The van der Waals surface area contributed by atoms with Crippen molar-refractivity contribution < 1.29 is 9.84 Å². The number of thioether (sulfide) groups is 1. The molecule has 0 saturated heterocycles. The van der Waals surface area contributed by atoms with E-state index in [2.05, 4.69) is 6.92 Å². The molecule has 1 unspecified atom stereocenters. The molecule has 3 heteroatoms. The Bertz CT molecular complexity index is 68.6. The summed E-state index contributed by atoms with van der Waals surface area (Å²) in [6.45, 7) is 3.29. The van der Waals surface area contributed by atoms with Crippen LogP contribution in [0.3, 0.4) is 0 Å². The molecule has 0 aromatic carbocycles. The zero-order chi connectivity index (χ0) is 7.82. The molecule has 1 N–H and O–H groups in total. The zero-order valence-electron chi connectivity index (χ0n) is 6.67. The van der Waals surface area contributed by atoms with Crippen LogP contribution in [0.4, 0.5) is 0 Å². The summed E-state index contributed by atoms with van der Waals surface area (Å²) in [5, 5.41) is 9.13. The standard InChI is InChI=1S/C7H16O2S/c1-3-4-9-5-7(8)6-10-2/h7-8H,3-6H2,1-2H3.